The maximum atomic E-state index is 13.1. The van der Waals surface area contributed by atoms with Crippen molar-refractivity contribution >= 4 is 29.3 Å². The lowest BCUT2D eigenvalue weighted by Crippen LogP contribution is -2.41. The minimum absolute atomic E-state index is 0.101. The number of benzene rings is 1. The lowest BCUT2D eigenvalue weighted by atomic mass is 9.94. The average Bonchev–Trinajstić information content (AvgIpc) is 2.43. The number of carboxylic acid groups (broad SMARTS) is 1. The van der Waals surface area contributed by atoms with Crippen molar-refractivity contribution in [1.82, 2.24) is 4.90 Å². The van der Waals surface area contributed by atoms with E-state index in [2.05, 4.69) is 5.32 Å². The Labute approximate surface area is 126 Å². The van der Waals surface area contributed by atoms with Crippen LogP contribution in [0.3, 0.4) is 0 Å². The molecule has 0 atom stereocenters. The molecule has 2 rings (SSSR count). The van der Waals surface area contributed by atoms with Crippen molar-refractivity contribution < 1.29 is 19.1 Å². The second kappa shape index (κ2) is 6.76. The van der Waals surface area contributed by atoms with Crippen molar-refractivity contribution in [3.05, 3.63) is 29.0 Å². The Morgan fingerprint density at radius 1 is 1.38 bits per heavy atom. The summed E-state index contributed by atoms with van der Waals surface area (Å²) in [7, 11) is 0. The highest BCUT2D eigenvalue weighted by Crippen LogP contribution is 2.24. The predicted octanol–water partition coefficient (Wildman–Crippen LogP) is 3.20. The molecule has 1 aromatic carbocycles. The summed E-state index contributed by atoms with van der Waals surface area (Å²) in [5.74, 6) is -1.19. The maximum absolute atomic E-state index is 13.1. The summed E-state index contributed by atoms with van der Waals surface area (Å²) in [5.41, 5.74) is 0.231. The number of halogens is 2. The number of nitrogens with one attached hydrogen (secondary N) is 1. The average molecular weight is 315 g/mol. The van der Waals surface area contributed by atoms with Crippen molar-refractivity contribution in [2.75, 3.05) is 18.4 Å². The van der Waals surface area contributed by atoms with Crippen molar-refractivity contribution in [1.29, 1.82) is 0 Å². The van der Waals surface area contributed by atoms with E-state index in [0.717, 1.165) is 6.07 Å². The third-order valence-electron chi connectivity index (χ3n) is 3.54. The topological polar surface area (TPSA) is 69.6 Å². The molecular weight excluding hydrogens is 299 g/mol. The van der Waals surface area contributed by atoms with Crippen LogP contribution in [-0.2, 0) is 4.79 Å². The van der Waals surface area contributed by atoms with Gasteiger partial charge in [-0.25, -0.2) is 9.18 Å². The summed E-state index contributed by atoms with van der Waals surface area (Å²) in [6.07, 6.45) is 1.43. The number of nitrogens with zero attached hydrogens (tertiary/aromatic N) is 1. The van der Waals surface area contributed by atoms with E-state index in [1.165, 1.54) is 12.1 Å². The highest BCUT2D eigenvalue weighted by molar-refractivity contribution is 6.33. The molecule has 0 aromatic heterocycles. The van der Waals surface area contributed by atoms with Crippen molar-refractivity contribution in [2.45, 2.75) is 19.3 Å². The van der Waals surface area contributed by atoms with Gasteiger partial charge >= 0.3 is 12.0 Å². The maximum Gasteiger partial charge on any atom is 0.321 e. The molecule has 1 fully saturated rings. The van der Waals surface area contributed by atoms with Crippen molar-refractivity contribution in [2.24, 2.45) is 5.92 Å². The summed E-state index contributed by atoms with van der Waals surface area (Å²) in [6, 6.07) is 3.41. The highest BCUT2D eigenvalue weighted by atomic mass is 35.5. The first kappa shape index (κ1) is 15.6. The number of anilines is 1. The third kappa shape index (κ3) is 4.32. The zero-order chi connectivity index (χ0) is 15.4. The first-order valence-electron chi connectivity index (χ1n) is 6.68. The number of hydrogen-bond acceptors (Lipinski definition) is 2. The van der Waals surface area contributed by atoms with Gasteiger partial charge in [0.25, 0.3) is 0 Å². The summed E-state index contributed by atoms with van der Waals surface area (Å²) in [5, 5.41) is 11.6. The Morgan fingerprint density at radius 2 is 2.05 bits per heavy atom. The molecule has 0 aliphatic carbocycles. The van der Waals surface area contributed by atoms with E-state index in [1.807, 2.05) is 0 Å². The van der Waals surface area contributed by atoms with E-state index in [9.17, 15) is 14.0 Å². The SMILES string of the molecule is O=C(O)CC1CCN(C(=O)Nc2cc(F)ccc2Cl)CC1. The molecule has 1 aromatic rings. The first-order chi connectivity index (χ1) is 9.95. The highest BCUT2D eigenvalue weighted by Gasteiger charge is 2.24. The van der Waals surface area contributed by atoms with Crippen LogP contribution in [0.15, 0.2) is 18.2 Å². The lowest BCUT2D eigenvalue weighted by Gasteiger charge is -2.31. The molecule has 2 amide bonds. The molecule has 0 spiro atoms. The smallest absolute Gasteiger partial charge is 0.321 e. The van der Waals surface area contributed by atoms with E-state index in [4.69, 9.17) is 16.7 Å². The number of likely N-dealkylation sites (tertiary alicyclic amines) is 1. The molecule has 0 bridgehead atoms. The second-order valence-electron chi connectivity index (χ2n) is 5.08. The molecule has 0 radical (unpaired) electrons. The van der Waals surface area contributed by atoms with Gasteiger partial charge in [-0.1, -0.05) is 11.6 Å². The van der Waals surface area contributed by atoms with Gasteiger partial charge in [0.1, 0.15) is 5.82 Å². The van der Waals surface area contributed by atoms with Crippen LogP contribution in [0.5, 0.6) is 0 Å². The number of rotatable bonds is 3. The van der Waals surface area contributed by atoms with Gasteiger partial charge in [0, 0.05) is 19.5 Å². The minimum Gasteiger partial charge on any atom is -0.481 e. The Kier molecular flexibility index (Phi) is 5.01. The van der Waals surface area contributed by atoms with Crippen LogP contribution < -0.4 is 5.32 Å². The monoisotopic (exact) mass is 314 g/mol. The van der Waals surface area contributed by atoms with Crippen LogP contribution in [-0.4, -0.2) is 35.1 Å². The summed E-state index contributed by atoms with van der Waals surface area (Å²) < 4.78 is 13.1. The molecule has 7 heteroatoms. The molecule has 5 nitrogen and oxygen atoms in total. The number of piperidine rings is 1. The summed E-state index contributed by atoms with van der Waals surface area (Å²) in [6.45, 7) is 0.966. The number of carbonyl (C=O) groups is 2. The summed E-state index contributed by atoms with van der Waals surface area (Å²) in [4.78, 5) is 24.3. The molecule has 21 heavy (non-hydrogen) atoms. The molecule has 2 N–H and O–H groups in total. The van der Waals surface area contributed by atoms with E-state index in [0.29, 0.717) is 25.9 Å². The standard InChI is InChI=1S/C14H16ClFN2O3/c15-11-2-1-10(16)8-12(11)17-14(21)18-5-3-9(4-6-18)7-13(19)20/h1-2,8-9H,3-7H2,(H,17,21)(H,19,20). The molecule has 0 unspecified atom stereocenters. The van der Waals surface area contributed by atoms with Crippen LogP contribution in [0, 0.1) is 11.7 Å². The molecular formula is C14H16ClFN2O3. The number of hydrogen-bond donors (Lipinski definition) is 2. The van der Waals surface area contributed by atoms with Gasteiger partial charge < -0.3 is 15.3 Å². The largest absolute Gasteiger partial charge is 0.481 e. The number of amides is 2. The van der Waals surface area contributed by atoms with E-state index < -0.39 is 11.8 Å². The number of carboxylic acids is 1. The van der Waals surface area contributed by atoms with Crippen LogP contribution in [0.1, 0.15) is 19.3 Å². The molecule has 0 saturated carbocycles. The van der Waals surface area contributed by atoms with E-state index in [-0.39, 0.29) is 29.1 Å². The number of carbonyl (C=O) groups excluding carboxylic acids is 1. The van der Waals surface area contributed by atoms with Crippen molar-refractivity contribution in [3.63, 3.8) is 0 Å². The first-order valence-corrected chi connectivity index (χ1v) is 7.06. The zero-order valence-electron chi connectivity index (χ0n) is 11.3. The van der Waals surface area contributed by atoms with Gasteiger partial charge in [0.05, 0.1) is 10.7 Å². The molecule has 1 aliphatic heterocycles. The Hall–Kier alpha value is -1.82. The molecule has 1 aliphatic rings. The predicted molar refractivity (Wildman–Crippen MR) is 77.0 cm³/mol. The second-order valence-corrected chi connectivity index (χ2v) is 5.49. The van der Waals surface area contributed by atoms with Crippen LogP contribution in [0.4, 0.5) is 14.9 Å². The van der Waals surface area contributed by atoms with Gasteiger partial charge in [-0.05, 0) is 37.0 Å². The Bertz CT molecular complexity index is 545. The lowest BCUT2D eigenvalue weighted by molar-refractivity contribution is -0.138. The number of urea groups is 1. The fourth-order valence-electron chi connectivity index (χ4n) is 2.37. The number of aliphatic carboxylic acids is 1. The quantitative estimate of drug-likeness (QED) is 0.900. The van der Waals surface area contributed by atoms with Gasteiger partial charge in [0.15, 0.2) is 0 Å². The third-order valence-corrected chi connectivity index (χ3v) is 3.86. The van der Waals surface area contributed by atoms with Gasteiger partial charge in [-0.15, -0.1) is 0 Å². The summed E-state index contributed by atoms with van der Waals surface area (Å²) >= 11 is 5.89. The molecule has 1 saturated heterocycles. The van der Waals surface area contributed by atoms with Gasteiger partial charge in [-0.3, -0.25) is 4.79 Å². The van der Waals surface area contributed by atoms with Crippen molar-refractivity contribution in [3.8, 4) is 0 Å². The zero-order valence-corrected chi connectivity index (χ0v) is 12.1. The fraction of sp³-hybridized carbons (Fsp3) is 0.429. The minimum atomic E-state index is -0.815. The van der Waals surface area contributed by atoms with E-state index in [1.54, 1.807) is 4.90 Å². The van der Waals surface area contributed by atoms with E-state index >= 15 is 0 Å². The molecule has 1 heterocycles. The van der Waals surface area contributed by atoms with Crippen LogP contribution in [0.2, 0.25) is 5.02 Å². The Balaban J connectivity index is 1.90. The fourth-order valence-corrected chi connectivity index (χ4v) is 2.54. The normalized spacial score (nSPS) is 15.8. The molecule has 114 valence electrons. The Morgan fingerprint density at radius 3 is 2.67 bits per heavy atom. The van der Waals surface area contributed by atoms with Crippen LogP contribution >= 0.6 is 11.6 Å². The van der Waals surface area contributed by atoms with Gasteiger partial charge in [-0.2, -0.15) is 0 Å². The van der Waals surface area contributed by atoms with Crippen LogP contribution in [0.25, 0.3) is 0 Å². The van der Waals surface area contributed by atoms with Gasteiger partial charge in [0.2, 0.25) is 0 Å².